The number of anilines is 1. The lowest BCUT2D eigenvalue weighted by atomic mass is 10.1. The lowest BCUT2D eigenvalue weighted by Gasteiger charge is -2.11. The minimum atomic E-state index is -0.335. The second-order valence-electron chi connectivity index (χ2n) is 6.69. The number of hydrogen-bond acceptors (Lipinski definition) is 5. The molecule has 154 valence electrons. The summed E-state index contributed by atoms with van der Waals surface area (Å²) in [5.41, 5.74) is 3.55. The molecule has 3 heterocycles. The molecule has 0 saturated carbocycles. The Morgan fingerprint density at radius 2 is 1.90 bits per heavy atom. The smallest absolute Gasteiger partial charge is 0.274 e. The molecule has 0 atom stereocenters. The van der Waals surface area contributed by atoms with Crippen LogP contribution < -0.4 is 5.32 Å². The van der Waals surface area contributed by atoms with Gasteiger partial charge in [-0.1, -0.05) is 23.9 Å². The van der Waals surface area contributed by atoms with Crippen LogP contribution in [0.15, 0.2) is 77.7 Å². The summed E-state index contributed by atoms with van der Waals surface area (Å²) in [6, 6.07) is 13.5. The predicted molar refractivity (Wildman–Crippen MR) is 122 cm³/mol. The summed E-state index contributed by atoms with van der Waals surface area (Å²) in [5, 5.41) is 5.55. The molecule has 6 nitrogen and oxygen atoms in total. The van der Waals surface area contributed by atoms with E-state index in [0.29, 0.717) is 22.2 Å². The monoisotopic (exact) mass is 449 g/mol. The van der Waals surface area contributed by atoms with Crippen molar-refractivity contribution in [3.63, 3.8) is 0 Å². The normalized spacial score (nSPS) is 11.2. The number of nitrogens with one attached hydrogen (secondary N) is 1. The first-order valence-corrected chi connectivity index (χ1v) is 11.4. The van der Waals surface area contributed by atoms with Crippen molar-refractivity contribution in [2.24, 2.45) is 0 Å². The van der Waals surface area contributed by atoms with E-state index in [4.69, 9.17) is 0 Å². The van der Waals surface area contributed by atoms with Gasteiger partial charge in [0.15, 0.2) is 10.1 Å². The maximum Gasteiger partial charge on any atom is 0.274 e. The average molecular weight is 450 g/mol. The number of amides is 1. The highest BCUT2D eigenvalue weighted by Crippen LogP contribution is 2.25. The Morgan fingerprint density at radius 1 is 1.13 bits per heavy atom. The lowest BCUT2D eigenvalue weighted by molar-refractivity contribution is 0.102. The number of benzene rings is 2. The summed E-state index contributed by atoms with van der Waals surface area (Å²) < 4.78 is 17.0. The van der Waals surface area contributed by atoms with Crippen molar-refractivity contribution in [1.29, 1.82) is 0 Å². The highest BCUT2D eigenvalue weighted by molar-refractivity contribution is 7.98. The van der Waals surface area contributed by atoms with E-state index in [1.54, 1.807) is 28.0 Å². The van der Waals surface area contributed by atoms with Gasteiger partial charge in [0.2, 0.25) is 0 Å². The van der Waals surface area contributed by atoms with Crippen LogP contribution in [-0.4, -0.2) is 31.1 Å². The summed E-state index contributed by atoms with van der Waals surface area (Å²) >= 11 is 2.99. The topological polar surface area (TPSA) is 64.2 Å². The van der Waals surface area contributed by atoms with Gasteiger partial charge in [0.05, 0.1) is 11.9 Å². The first-order valence-electron chi connectivity index (χ1n) is 9.34. The fourth-order valence-corrected chi connectivity index (χ4v) is 4.51. The van der Waals surface area contributed by atoms with Crippen LogP contribution >= 0.6 is 23.1 Å². The molecule has 31 heavy (non-hydrogen) atoms. The first kappa shape index (κ1) is 19.5. The number of carbonyl (C=O) groups excluding carboxylic acids is 1. The van der Waals surface area contributed by atoms with Gasteiger partial charge in [0, 0.05) is 34.7 Å². The molecule has 0 bridgehead atoms. The van der Waals surface area contributed by atoms with E-state index in [0.717, 1.165) is 16.2 Å². The fourth-order valence-electron chi connectivity index (χ4n) is 3.26. The molecule has 9 heteroatoms. The summed E-state index contributed by atoms with van der Waals surface area (Å²) in [7, 11) is 0. The van der Waals surface area contributed by atoms with Crippen LogP contribution in [0.4, 0.5) is 10.1 Å². The van der Waals surface area contributed by atoms with E-state index in [1.165, 1.54) is 30.1 Å². The molecule has 0 aliphatic heterocycles. The number of aromatic nitrogens is 4. The lowest BCUT2D eigenvalue weighted by Crippen LogP contribution is -2.16. The van der Waals surface area contributed by atoms with Crippen molar-refractivity contribution in [2.75, 3.05) is 11.6 Å². The number of thiazole rings is 1. The van der Waals surface area contributed by atoms with Crippen molar-refractivity contribution in [1.82, 2.24) is 18.9 Å². The number of fused-ring (bicyclic) bond motifs is 1. The van der Waals surface area contributed by atoms with Gasteiger partial charge in [-0.2, -0.15) is 0 Å². The van der Waals surface area contributed by atoms with Gasteiger partial charge in [-0.15, -0.1) is 11.3 Å². The highest BCUT2D eigenvalue weighted by atomic mass is 32.2. The van der Waals surface area contributed by atoms with Crippen LogP contribution in [0.2, 0.25) is 0 Å². The zero-order chi connectivity index (χ0) is 21.4. The second-order valence-corrected chi connectivity index (χ2v) is 8.34. The Balaban J connectivity index is 1.39. The van der Waals surface area contributed by atoms with E-state index in [9.17, 15) is 9.18 Å². The summed E-state index contributed by atoms with van der Waals surface area (Å²) in [5.74, 6) is -0.634. The Morgan fingerprint density at radius 3 is 2.61 bits per heavy atom. The van der Waals surface area contributed by atoms with E-state index >= 15 is 0 Å². The Kier molecular flexibility index (Phi) is 5.05. The molecular formula is C22H16FN5OS2. The Hall–Kier alpha value is -3.43. The number of imidazole rings is 2. The number of nitrogens with zero attached hydrogens (tertiary/aromatic N) is 4. The fraction of sp³-hybridized carbons (Fsp3) is 0.0455. The second kappa shape index (κ2) is 8.01. The van der Waals surface area contributed by atoms with Gasteiger partial charge in [0.1, 0.15) is 11.5 Å². The van der Waals surface area contributed by atoms with Gasteiger partial charge >= 0.3 is 0 Å². The highest BCUT2D eigenvalue weighted by Gasteiger charge is 2.18. The van der Waals surface area contributed by atoms with Crippen molar-refractivity contribution >= 4 is 39.7 Å². The van der Waals surface area contributed by atoms with Crippen molar-refractivity contribution in [3.8, 4) is 16.9 Å². The molecule has 0 spiro atoms. The van der Waals surface area contributed by atoms with E-state index in [2.05, 4.69) is 15.3 Å². The first-order chi connectivity index (χ1) is 15.1. The molecule has 0 radical (unpaired) electrons. The molecular weight excluding hydrogens is 433 g/mol. The Labute approximate surface area is 185 Å². The van der Waals surface area contributed by atoms with Crippen LogP contribution in [-0.2, 0) is 0 Å². The third-order valence-electron chi connectivity index (χ3n) is 4.76. The van der Waals surface area contributed by atoms with Crippen LogP contribution in [0.25, 0.3) is 21.9 Å². The van der Waals surface area contributed by atoms with Gasteiger partial charge in [-0.25, -0.2) is 14.4 Å². The molecule has 0 saturated heterocycles. The third kappa shape index (κ3) is 3.73. The van der Waals surface area contributed by atoms with Crippen molar-refractivity contribution in [3.05, 3.63) is 84.0 Å². The van der Waals surface area contributed by atoms with Crippen molar-refractivity contribution < 1.29 is 9.18 Å². The number of carbonyl (C=O) groups is 1. The van der Waals surface area contributed by atoms with E-state index in [-0.39, 0.29) is 11.7 Å². The van der Waals surface area contributed by atoms with Crippen LogP contribution in [0.1, 0.15) is 10.5 Å². The molecule has 0 fully saturated rings. The summed E-state index contributed by atoms with van der Waals surface area (Å²) in [6.07, 6.45) is 7.35. The summed E-state index contributed by atoms with van der Waals surface area (Å²) in [6.45, 7) is 0. The number of hydrogen-bond donors (Lipinski definition) is 1. The van der Waals surface area contributed by atoms with Gasteiger partial charge < -0.3 is 5.32 Å². The number of thioether (sulfide) groups is 1. The average Bonchev–Trinajstić information content (AvgIpc) is 3.49. The van der Waals surface area contributed by atoms with Gasteiger partial charge in [-0.3, -0.25) is 13.8 Å². The maximum absolute atomic E-state index is 13.3. The maximum atomic E-state index is 13.3. The molecule has 3 aromatic heterocycles. The minimum absolute atomic E-state index is 0.299. The number of halogens is 1. The van der Waals surface area contributed by atoms with E-state index < -0.39 is 0 Å². The SMILES string of the molecule is CSc1ncc(C(=O)Nc2ccc(-c3cn4ccsc4n3)cc2)n1-c1ccc(F)cc1. The minimum Gasteiger partial charge on any atom is -0.321 e. The van der Waals surface area contributed by atoms with Crippen LogP contribution in [0, 0.1) is 5.82 Å². The molecule has 0 aliphatic carbocycles. The molecule has 2 aromatic carbocycles. The molecule has 5 aromatic rings. The third-order valence-corrected chi connectivity index (χ3v) is 6.19. The molecule has 1 N–H and O–H groups in total. The Bertz CT molecular complexity index is 1340. The van der Waals surface area contributed by atoms with Crippen LogP contribution in [0.5, 0.6) is 0 Å². The van der Waals surface area contributed by atoms with Gasteiger partial charge in [0.25, 0.3) is 5.91 Å². The molecule has 0 aliphatic rings. The van der Waals surface area contributed by atoms with Crippen molar-refractivity contribution in [2.45, 2.75) is 5.16 Å². The zero-order valence-electron chi connectivity index (χ0n) is 16.3. The van der Waals surface area contributed by atoms with E-state index in [1.807, 2.05) is 52.7 Å². The van der Waals surface area contributed by atoms with Crippen LogP contribution in [0.3, 0.4) is 0 Å². The molecule has 5 rings (SSSR count). The quantitative estimate of drug-likeness (QED) is 0.367. The molecule has 1 amide bonds. The van der Waals surface area contributed by atoms with Gasteiger partial charge in [-0.05, 0) is 42.7 Å². The standard InChI is InChI=1S/C22H16FN5OS2/c1-30-21-24-12-19(28(21)17-8-4-15(23)5-9-17)20(29)25-16-6-2-14(3-7-16)18-13-27-10-11-31-22(27)26-18/h2-13H,1H3,(H,25,29). The zero-order valence-corrected chi connectivity index (χ0v) is 18.0. The summed E-state index contributed by atoms with van der Waals surface area (Å²) in [4.78, 5) is 22.8. The predicted octanol–water partition coefficient (Wildman–Crippen LogP) is 5.36. The molecule has 0 unspecified atom stereocenters. The number of rotatable bonds is 5. The largest absolute Gasteiger partial charge is 0.321 e.